The largest absolute Gasteiger partial charge is 0.508 e. The highest BCUT2D eigenvalue weighted by Crippen LogP contribution is 2.21. The van der Waals surface area contributed by atoms with Gasteiger partial charge < -0.3 is 14.6 Å². The fraction of sp³-hybridized carbons (Fsp3) is 0.214. The number of amides is 1. The number of halogens is 2. The second kappa shape index (κ2) is 5.73. The molecule has 0 aliphatic rings. The summed E-state index contributed by atoms with van der Waals surface area (Å²) in [4.78, 5) is 13.6. The van der Waals surface area contributed by atoms with Crippen molar-refractivity contribution < 1.29 is 18.7 Å². The average molecular weight is 280 g/mol. The van der Waals surface area contributed by atoms with E-state index in [2.05, 4.69) is 0 Å². The lowest BCUT2D eigenvalue weighted by Gasteiger charge is -2.18. The Morgan fingerprint density at radius 1 is 1.35 bits per heavy atom. The summed E-state index contributed by atoms with van der Waals surface area (Å²) in [6.07, 6.45) is -1.09. The summed E-state index contributed by atoms with van der Waals surface area (Å²) in [6.45, 7) is -0.526. The molecule has 0 saturated carbocycles. The Morgan fingerprint density at radius 3 is 2.75 bits per heavy atom. The standard InChI is InChI=1S/C14H14F2N2O2/c1-17(10-4-2-5-11(19)8-10)14(20)12-6-3-7-18(12)9-13(15)16/h2-8,13,19H,9H2,1H3. The van der Waals surface area contributed by atoms with Gasteiger partial charge in [0.05, 0.1) is 6.54 Å². The van der Waals surface area contributed by atoms with Gasteiger partial charge in [0.1, 0.15) is 11.4 Å². The minimum Gasteiger partial charge on any atom is -0.508 e. The Kier molecular flexibility index (Phi) is 4.02. The fourth-order valence-electron chi connectivity index (χ4n) is 1.91. The topological polar surface area (TPSA) is 45.5 Å². The molecule has 2 aromatic rings. The first-order valence-corrected chi connectivity index (χ1v) is 5.99. The molecule has 0 atom stereocenters. The monoisotopic (exact) mass is 280 g/mol. The first-order valence-electron chi connectivity index (χ1n) is 5.99. The lowest BCUT2D eigenvalue weighted by molar-refractivity contribution is 0.0969. The van der Waals surface area contributed by atoms with Gasteiger partial charge >= 0.3 is 0 Å². The van der Waals surface area contributed by atoms with Crippen molar-refractivity contribution in [1.82, 2.24) is 4.57 Å². The molecule has 1 amide bonds. The second-order valence-corrected chi connectivity index (χ2v) is 4.32. The lowest BCUT2D eigenvalue weighted by Crippen LogP contribution is -2.28. The van der Waals surface area contributed by atoms with Gasteiger partial charge in [-0.15, -0.1) is 0 Å². The molecule has 0 aliphatic heterocycles. The van der Waals surface area contributed by atoms with Crippen LogP contribution in [0.1, 0.15) is 10.5 Å². The van der Waals surface area contributed by atoms with Crippen LogP contribution in [-0.4, -0.2) is 29.1 Å². The van der Waals surface area contributed by atoms with Gasteiger partial charge in [0.25, 0.3) is 12.3 Å². The van der Waals surface area contributed by atoms with Crippen molar-refractivity contribution in [3.05, 3.63) is 48.3 Å². The molecule has 0 unspecified atom stereocenters. The van der Waals surface area contributed by atoms with Crippen LogP contribution in [0.25, 0.3) is 0 Å². The van der Waals surface area contributed by atoms with E-state index in [9.17, 15) is 18.7 Å². The Labute approximate surface area is 114 Å². The first kappa shape index (κ1) is 14.0. The summed E-state index contributed by atoms with van der Waals surface area (Å²) in [7, 11) is 1.52. The molecule has 20 heavy (non-hydrogen) atoms. The maximum absolute atomic E-state index is 12.4. The summed E-state index contributed by atoms with van der Waals surface area (Å²) in [5, 5.41) is 9.41. The van der Waals surface area contributed by atoms with Crippen LogP contribution in [0.15, 0.2) is 42.6 Å². The quantitative estimate of drug-likeness (QED) is 0.936. The number of aromatic nitrogens is 1. The number of phenolic OH excluding ortho intramolecular Hbond substituents is 1. The van der Waals surface area contributed by atoms with E-state index in [1.807, 2.05) is 0 Å². The molecule has 0 bridgehead atoms. The van der Waals surface area contributed by atoms with Crippen molar-refractivity contribution in [2.75, 3.05) is 11.9 Å². The van der Waals surface area contributed by atoms with E-state index in [1.165, 1.54) is 40.9 Å². The third-order valence-electron chi connectivity index (χ3n) is 2.91. The van der Waals surface area contributed by atoms with Gasteiger partial charge in [-0.05, 0) is 24.3 Å². The Balaban J connectivity index is 2.25. The van der Waals surface area contributed by atoms with E-state index in [4.69, 9.17) is 0 Å². The van der Waals surface area contributed by atoms with Crippen molar-refractivity contribution in [2.45, 2.75) is 13.0 Å². The molecular weight excluding hydrogens is 266 g/mol. The summed E-state index contributed by atoms with van der Waals surface area (Å²) in [6, 6.07) is 9.21. The number of phenols is 1. The third-order valence-corrected chi connectivity index (χ3v) is 2.91. The van der Waals surface area contributed by atoms with Crippen LogP contribution in [0.2, 0.25) is 0 Å². The van der Waals surface area contributed by atoms with E-state index in [1.54, 1.807) is 18.2 Å². The van der Waals surface area contributed by atoms with Crippen LogP contribution in [0, 0.1) is 0 Å². The van der Waals surface area contributed by atoms with Crippen molar-refractivity contribution >= 4 is 11.6 Å². The number of hydrogen-bond acceptors (Lipinski definition) is 2. The zero-order chi connectivity index (χ0) is 14.7. The second-order valence-electron chi connectivity index (χ2n) is 4.32. The van der Waals surface area contributed by atoms with Crippen LogP contribution in [0.4, 0.5) is 14.5 Å². The van der Waals surface area contributed by atoms with E-state index in [0.717, 1.165) is 0 Å². The molecule has 4 nitrogen and oxygen atoms in total. The maximum Gasteiger partial charge on any atom is 0.274 e. The van der Waals surface area contributed by atoms with Crippen molar-refractivity contribution in [1.29, 1.82) is 0 Å². The van der Waals surface area contributed by atoms with Crippen LogP contribution < -0.4 is 4.90 Å². The molecule has 0 aliphatic carbocycles. The number of carbonyl (C=O) groups is 1. The van der Waals surface area contributed by atoms with E-state index in [-0.39, 0.29) is 11.4 Å². The Bertz CT molecular complexity index is 611. The lowest BCUT2D eigenvalue weighted by atomic mass is 10.2. The highest BCUT2D eigenvalue weighted by molar-refractivity contribution is 6.04. The summed E-state index contributed by atoms with van der Waals surface area (Å²) in [5.74, 6) is -0.383. The van der Waals surface area contributed by atoms with Crippen molar-refractivity contribution in [2.24, 2.45) is 0 Å². The smallest absolute Gasteiger partial charge is 0.274 e. The zero-order valence-corrected chi connectivity index (χ0v) is 10.8. The van der Waals surface area contributed by atoms with Gasteiger partial charge in [0.15, 0.2) is 0 Å². The molecule has 1 heterocycles. The molecule has 1 aromatic carbocycles. The Hall–Kier alpha value is -2.37. The average Bonchev–Trinajstić information content (AvgIpc) is 2.84. The molecule has 0 spiro atoms. The van der Waals surface area contributed by atoms with Gasteiger partial charge in [0, 0.05) is 25.0 Å². The molecule has 0 saturated heterocycles. The van der Waals surface area contributed by atoms with E-state index < -0.39 is 18.9 Å². The molecule has 6 heteroatoms. The number of nitrogens with zero attached hydrogens (tertiary/aromatic N) is 2. The number of alkyl halides is 2. The van der Waals surface area contributed by atoms with E-state index >= 15 is 0 Å². The number of benzene rings is 1. The zero-order valence-electron chi connectivity index (χ0n) is 10.8. The number of aromatic hydroxyl groups is 1. The summed E-state index contributed by atoms with van der Waals surface area (Å²) in [5.41, 5.74) is 0.663. The fourth-order valence-corrected chi connectivity index (χ4v) is 1.91. The normalized spacial score (nSPS) is 10.8. The minimum absolute atomic E-state index is 0.0325. The minimum atomic E-state index is -2.53. The SMILES string of the molecule is CN(C(=O)c1cccn1CC(F)F)c1cccc(O)c1. The summed E-state index contributed by atoms with van der Waals surface area (Å²) < 4.78 is 26.1. The molecule has 0 radical (unpaired) electrons. The maximum atomic E-state index is 12.4. The van der Waals surface area contributed by atoms with Crippen LogP contribution in [-0.2, 0) is 6.54 Å². The molecular formula is C14H14F2N2O2. The van der Waals surface area contributed by atoms with Crippen molar-refractivity contribution in [3.8, 4) is 5.75 Å². The van der Waals surface area contributed by atoms with Gasteiger partial charge in [-0.3, -0.25) is 4.79 Å². The molecule has 1 N–H and O–H groups in total. The van der Waals surface area contributed by atoms with Crippen LogP contribution in [0.5, 0.6) is 5.75 Å². The van der Waals surface area contributed by atoms with Gasteiger partial charge in [0.2, 0.25) is 0 Å². The number of anilines is 1. The third kappa shape index (κ3) is 2.96. The first-order chi connectivity index (χ1) is 9.49. The molecule has 106 valence electrons. The molecule has 2 rings (SSSR count). The number of hydrogen-bond donors (Lipinski definition) is 1. The van der Waals surface area contributed by atoms with Crippen LogP contribution >= 0.6 is 0 Å². The van der Waals surface area contributed by atoms with Gasteiger partial charge in [-0.25, -0.2) is 8.78 Å². The molecule has 0 fully saturated rings. The van der Waals surface area contributed by atoms with Crippen molar-refractivity contribution in [3.63, 3.8) is 0 Å². The van der Waals surface area contributed by atoms with Crippen LogP contribution in [0.3, 0.4) is 0 Å². The highest BCUT2D eigenvalue weighted by atomic mass is 19.3. The number of carbonyl (C=O) groups excluding carboxylic acids is 1. The highest BCUT2D eigenvalue weighted by Gasteiger charge is 2.18. The van der Waals surface area contributed by atoms with Gasteiger partial charge in [-0.2, -0.15) is 0 Å². The molecule has 1 aromatic heterocycles. The predicted octanol–water partition coefficient (Wildman–Crippen LogP) is 2.74. The Morgan fingerprint density at radius 2 is 2.10 bits per heavy atom. The van der Waals surface area contributed by atoms with Gasteiger partial charge in [-0.1, -0.05) is 6.07 Å². The summed E-state index contributed by atoms with van der Waals surface area (Å²) >= 11 is 0. The predicted molar refractivity (Wildman–Crippen MR) is 71.3 cm³/mol. The number of rotatable bonds is 4. The van der Waals surface area contributed by atoms with E-state index in [0.29, 0.717) is 5.69 Å².